The van der Waals surface area contributed by atoms with Crippen molar-refractivity contribution < 1.29 is 4.79 Å². The molecule has 5 rings (SSSR count). The maximum absolute atomic E-state index is 13.9. The quantitative estimate of drug-likeness (QED) is 0.371. The molecule has 5 aromatic rings. The fourth-order valence-corrected chi connectivity index (χ4v) is 4.28. The molecule has 1 amide bonds. The lowest BCUT2D eigenvalue weighted by molar-refractivity contribution is 0.0940. The van der Waals surface area contributed by atoms with E-state index in [1.807, 2.05) is 56.3 Å². The van der Waals surface area contributed by atoms with Gasteiger partial charge in [0.1, 0.15) is 11.4 Å². The number of hydrogen-bond acceptors (Lipinski definition) is 6. The molecule has 0 radical (unpaired) electrons. The van der Waals surface area contributed by atoms with Crippen LogP contribution in [-0.4, -0.2) is 30.1 Å². The van der Waals surface area contributed by atoms with Crippen LogP contribution < -0.4 is 16.6 Å². The zero-order valence-corrected chi connectivity index (χ0v) is 20.7. The molecule has 184 valence electrons. The first-order chi connectivity index (χ1) is 17.9. The largest absolute Gasteiger partial charge is 0.381 e. The minimum Gasteiger partial charge on any atom is -0.381 e. The molecule has 9 nitrogen and oxygen atoms in total. The van der Waals surface area contributed by atoms with Crippen molar-refractivity contribution in [2.24, 2.45) is 0 Å². The van der Waals surface area contributed by atoms with E-state index in [-0.39, 0.29) is 16.9 Å². The second-order valence-electron chi connectivity index (χ2n) is 8.58. The minimum atomic E-state index is -0.658. The van der Waals surface area contributed by atoms with Crippen molar-refractivity contribution in [1.29, 1.82) is 0 Å². The van der Waals surface area contributed by atoms with Crippen molar-refractivity contribution in [2.75, 3.05) is 5.73 Å². The number of nitrogens with one attached hydrogen (secondary N) is 1. The first kappa shape index (κ1) is 23.8. The molecule has 1 unspecified atom stereocenters. The van der Waals surface area contributed by atoms with Crippen molar-refractivity contribution in [3.05, 3.63) is 93.8 Å². The number of fused-ring (bicyclic) bond motifs is 2. The molecule has 0 aliphatic heterocycles. The van der Waals surface area contributed by atoms with Gasteiger partial charge in [-0.25, -0.2) is 14.5 Å². The van der Waals surface area contributed by atoms with E-state index in [9.17, 15) is 9.59 Å². The Morgan fingerprint density at radius 3 is 2.68 bits per heavy atom. The number of nitrogen functional groups attached to an aromatic ring is 1. The fourth-order valence-electron chi connectivity index (χ4n) is 4.28. The topological polar surface area (TPSA) is 120 Å². The third-order valence-electron chi connectivity index (χ3n) is 6.03. The number of hydrogen-bond donors (Lipinski definition) is 2. The van der Waals surface area contributed by atoms with E-state index in [2.05, 4.69) is 27.2 Å². The lowest BCUT2D eigenvalue weighted by Crippen LogP contribution is -2.33. The van der Waals surface area contributed by atoms with Gasteiger partial charge in [-0.15, -0.1) is 5.10 Å². The number of anilines is 1. The first-order valence-electron chi connectivity index (χ1n) is 11.9. The van der Waals surface area contributed by atoms with Gasteiger partial charge in [-0.2, -0.15) is 0 Å². The maximum atomic E-state index is 13.9. The van der Waals surface area contributed by atoms with Crippen LogP contribution in [0.5, 0.6) is 0 Å². The Labute approximate surface area is 213 Å². The number of nitrogens with zero attached hydrogens (tertiary/aromatic N) is 5. The molecular formula is C28H25N7O2. The van der Waals surface area contributed by atoms with E-state index in [1.165, 1.54) is 9.08 Å². The predicted molar refractivity (Wildman–Crippen MR) is 143 cm³/mol. The van der Waals surface area contributed by atoms with Gasteiger partial charge in [0.05, 0.1) is 22.6 Å². The highest BCUT2D eigenvalue weighted by molar-refractivity contribution is 6.04. The Kier molecular flexibility index (Phi) is 6.15. The van der Waals surface area contributed by atoms with Crippen molar-refractivity contribution in [1.82, 2.24) is 29.5 Å². The van der Waals surface area contributed by atoms with Crippen molar-refractivity contribution >= 4 is 28.3 Å². The highest BCUT2D eigenvalue weighted by Crippen LogP contribution is 2.22. The van der Waals surface area contributed by atoms with Gasteiger partial charge in [-0.05, 0) is 44.2 Å². The average molecular weight is 492 g/mol. The van der Waals surface area contributed by atoms with Crippen LogP contribution in [0.1, 0.15) is 53.7 Å². The number of carbonyl (C=O) groups is 1. The smallest absolute Gasteiger partial charge is 0.267 e. The minimum absolute atomic E-state index is 0.0672. The van der Waals surface area contributed by atoms with Gasteiger partial charge < -0.3 is 11.1 Å². The number of rotatable bonds is 4. The van der Waals surface area contributed by atoms with Gasteiger partial charge in [0.15, 0.2) is 11.5 Å². The third kappa shape index (κ3) is 4.19. The zero-order chi connectivity index (χ0) is 26.1. The molecule has 0 saturated carbocycles. The monoisotopic (exact) mass is 491 g/mol. The first-order valence-corrected chi connectivity index (χ1v) is 11.9. The molecule has 0 saturated heterocycles. The number of carbonyl (C=O) groups excluding carboxylic acids is 1. The van der Waals surface area contributed by atoms with Crippen LogP contribution in [-0.2, 0) is 0 Å². The lowest BCUT2D eigenvalue weighted by Gasteiger charge is -2.20. The molecule has 37 heavy (non-hydrogen) atoms. The highest BCUT2D eigenvalue weighted by atomic mass is 16.2. The summed E-state index contributed by atoms with van der Waals surface area (Å²) in [5, 5.41) is 7.63. The Balaban J connectivity index is 1.65. The Morgan fingerprint density at radius 2 is 1.92 bits per heavy atom. The Hall–Kier alpha value is -4.97. The Morgan fingerprint density at radius 1 is 1.14 bits per heavy atom. The van der Waals surface area contributed by atoms with E-state index in [0.29, 0.717) is 40.0 Å². The van der Waals surface area contributed by atoms with Crippen LogP contribution in [0.25, 0.3) is 22.2 Å². The van der Waals surface area contributed by atoms with Gasteiger partial charge in [-0.1, -0.05) is 43.0 Å². The summed E-state index contributed by atoms with van der Waals surface area (Å²) in [5.74, 6) is 6.09. The summed E-state index contributed by atoms with van der Waals surface area (Å²) in [6.07, 6.45) is 2.27. The molecule has 0 spiro atoms. The van der Waals surface area contributed by atoms with E-state index >= 15 is 0 Å². The van der Waals surface area contributed by atoms with Gasteiger partial charge >= 0.3 is 0 Å². The summed E-state index contributed by atoms with van der Waals surface area (Å²) >= 11 is 0. The van der Waals surface area contributed by atoms with Crippen molar-refractivity contribution in [3.63, 3.8) is 0 Å². The van der Waals surface area contributed by atoms with Crippen LogP contribution in [0.3, 0.4) is 0 Å². The third-order valence-corrected chi connectivity index (χ3v) is 6.03. The molecule has 3 heterocycles. The normalized spacial score (nSPS) is 11.8. The molecule has 0 fully saturated rings. The molecule has 2 aromatic carbocycles. The summed E-state index contributed by atoms with van der Waals surface area (Å²) in [5.41, 5.74) is 8.90. The summed E-state index contributed by atoms with van der Waals surface area (Å²) in [6, 6.07) is 15.7. The number of aryl methyl sites for hydroxylation is 1. The summed E-state index contributed by atoms with van der Waals surface area (Å²) < 4.78 is 3.05. The molecule has 0 bridgehead atoms. The van der Waals surface area contributed by atoms with Crippen LogP contribution >= 0.6 is 0 Å². The summed E-state index contributed by atoms with van der Waals surface area (Å²) in [4.78, 5) is 36.4. The number of para-hydroxylation sites is 1. The van der Waals surface area contributed by atoms with Crippen LogP contribution in [0.2, 0.25) is 0 Å². The van der Waals surface area contributed by atoms with Crippen molar-refractivity contribution in [3.8, 4) is 17.5 Å². The summed E-state index contributed by atoms with van der Waals surface area (Å²) in [7, 11) is 0. The molecular weight excluding hydrogens is 466 g/mol. The molecule has 0 aliphatic rings. The summed E-state index contributed by atoms with van der Waals surface area (Å²) in [6.45, 7) is 5.57. The number of aromatic nitrogens is 5. The van der Waals surface area contributed by atoms with Crippen LogP contribution in [0.4, 0.5) is 5.82 Å². The lowest BCUT2D eigenvalue weighted by atomic mass is 10.1. The molecule has 3 aromatic heterocycles. The Bertz CT molecular complexity index is 1780. The van der Waals surface area contributed by atoms with Crippen LogP contribution in [0, 0.1) is 18.8 Å². The molecule has 1 atom stereocenters. The van der Waals surface area contributed by atoms with Crippen molar-refractivity contribution in [2.45, 2.75) is 33.2 Å². The zero-order valence-electron chi connectivity index (χ0n) is 20.7. The highest BCUT2D eigenvalue weighted by Gasteiger charge is 2.25. The molecule has 0 aliphatic carbocycles. The molecule has 3 N–H and O–H groups in total. The SMILES string of the molecule is CCC#Cc1cccc2nc(C(C)NC(=O)c3c(N)nn4c(C)ccnc34)n(-c3ccccc3)c(=O)c12. The number of benzene rings is 2. The van der Waals surface area contributed by atoms with Gasteiger partial charge in [0, 0.05) is 23.9 Å². The van der Waals surface area contributed by atoms with E-state index < -0.39 is 11.9 Å². The van der Waals surface area contributed by atoms with Gasteiger partial charge in [0.25, 0.3) is 11.5 Å². The van der Waals surface area contributed by atoms with Gasteiger partial charge in [-0.3, -0.25) is 14.2 Å². The van der Waals surface area contributed by atoms with Gasteiger partial charge in [0.2, 0.25) is 0 Å². The standard InChI is InChI=1S/C28H25N7O2/c1-4-5-10-19-11-9-14-21-22(19)28(37)34(20-12-7-6-8-13-20)25(32-21)18(3)31-27(36)23-24(29)33-35-17(2)15-16-30-26(23)35/h6-9,11-16,18H,4H2,1-3H3,(H2,29,33)(H,31,36). The number of amides is 1. The number of nitrogens with two attached hydrogens (primary N) is 1. The fraction of sp³-hybridized carbons (Fsp3) is 0.179. The van der Waals surface area contributed by atoms with Crippen LogP contribution in [0.15, 0.2) is 65.6 Å². The van der Waals surface area contributed by atoms with E-state index in [1.54, 1.807) is 25.3 Å². The van der Waals surface area contributed by atoms with E-state index in [4.69, 9.17) is 10.7 Å². The second-order valence-corrected chi connectivity index (χ2v) is 8.58. The maximum Gasteiger partial charge on any atom is 0.267 e. The second kappa shape index (κ2) is 9.59. The average Bonchev–Trinajstić information content (AvgIpc) is 3.24. The predicted octanol–water partition coefficient (Wildman–Crippen LogP) is 3.57. The van der Waals surface area contributed by atoms with E-state index in [0.717, 1.165) is 5.69 Å². The molecule has 9 heteroatoms.